The van der Waals surface area contributed by atoms with Crippen LogP contribution < -0.4 is 9.48 Å². The molecule has 96 heavy (non-hydrogen) atoms. The zero-order valence-electron chi connectivity index (χ0n) is 52.0. The minimum Gasteiger partial charge on any atom is -0.319 e. The molecule has 1 unspecified atom stereocenters. The number of benzene rings is 13. The molecule has 7 nitrogen and oxygen atoms in total. The Bertz CT molecular complexity index is 6360. The summed E-state index contributed by atoms with van der Waals surface area (Å²) in [6.45, 7) is 0. The highest BCUT2D eigenvalue weighted by atomic mass is 15.2. The fraction of sp³-hybridized carbons (Fsp3) is 0.0112. The third-order valence-corrected chi connectivity index (χ3v) is 20.6. The van der Waals surface area contributed by atoms with Crippen LogP contribution in [0.25, 0.3) is 155 Å². The van der Waals surface area contributed by atoms with Gasteiger partial charge in [-0.15, -0.1) is 0 Å². The lowest BCUT2D eigenvalue weighted by Gasteiger charge is -2.36. The zero-order chi connectivity index (χ0) is 62.7. The first-order valence-corrected chi connectivity index (χ1v) is 33.0. The molecule has 0 fully saturated rings. The largest absolute Gasteiger partial charge is 0.319 e. The molecule has 446 valence electrons. The van der Waals surface area contributed by atoms with Crippen LogP contribution in [0, 0.1) is 0 Å². The molecule has 0 amide bonds. The Morgan fingerprint density at radius 3 is 1.19 bits per heavy atom. The Labute approximate surface area is 552 Å². The van der Waals surface area contributed by atoms with Crippen LogP contribution in [0.2, 0.25) is 0 Å². The predicted molar refractivity (Wildman–Crippen MR) is 400 cm³/mol. The van der Waals surface area contributed by atoms with Gasteiger partial charge < -0.3 is 23.2 Å². The van der Waals surface area contributed by atoms with Gasteiger partial charge in [0.05, 0.1) is 49.8 Å². The molecule has 3 aliphatic rings. The number of anilines is 2. The summed E-state index contributed by atoms with van der Waals surface area (Å²) in [6.07, 6.45) is 11.0. The number of hydrogen-bond donors (Lipinski definition) is 0. The number of aromatic nitrogens is 5. The molecule has 6 heterocycles. The lowest BCUT2D eigenvalue weighted by Crippen LogP contribution is -2.44. The quantitative estimate of drug-likeness (QED) is 0.156. The van der Waals surface area contributed by atoms with E-state index in [4.69, 9.17) is 4.98 Å². The van der Waals surface area contributed by atoms with E-state index in [1.165, 1.54) is 70.9 Å². The summed E-state index contributed by atoms with van der Waals surface area (Å²) in [6, 6.07) is 112. The topological polar surface area (TPSA) is 38.9 Å². The second-order valence-corrected chi connectivity index (χ2v) is 25.6. The number of hydrogen-bond acceptors (Lipinski definition) is 2. The van der Waals surface area contributed by atoms with E-state index >= 15 is 0 Å². The van der Waals surface area contributed by atoms with Gasteiger partial charge in [0.1, 0.15) is 11.7 Å². The highest BCUT2D eigenvalue weighted by Crippen LogP contribution is 2.54. The molecule has 1 atom stereocenters. The third kappa shape index (κ3) is 7.53. The summed E-state index contributed by atoms with van der Waals surface area (Å²) in [4.78, 5) is 7.99. The van der Waals surface area contributed by atoms with Crippen molar-refractivity contribution in [1.82, 2.24) is 27.8 Å². The maximum atomic E-state index is 5.47. The molecule has 0 saturated carbocycles. The van der Waals surface area contributed by atoms with E-state index in [2.05, 4.69) is 355 Å². The Morgan fingerprint density at radius 1 is 0.281 bits per heavy atom. The van der Waals surface area contributed by atoms with Crippen LogP contribution in [0.1, 0.15) is 0 Å². The third-order valence-electron chi connectivity index (χ3n) is 20.6. The molecule has 7 heteroatoms. The number of pyridine rings is 1. The molecule has 1 aliphatic heterocycles. The van der Waals surface area contributed by atoms with Gasteiger partial charge in [0.15, 0.2) is 0 Å². The van der Waals surface area contributed by atoms with Gasteiger partial charge in [-0.25, -0.2) is 0 Å². The smallest absolute Gasteiger partial charge is 0.236 e. The maximum absolute atomic E-state index is 5.47. The second kappa shape index (κ2) is 20.3. The second-order valence-electron chi connectivity index (χ2n) is 25.6. The van der Waals surface area contributed by atoms with Crippen LogP contribution in [0.15, 0.2) is 334 Å². The lowest BCUT2D eigenvalue weighted by molar-refractivity contribution is 0.897. The molecular weight excluding hydrogens is 1170 g/mol. The van der Waals surface area contributed by atoms with Crippen LogP contribution in [-0.2, 0) is 0 Å². The fourth-order valence-corrected chi connectivity index (χ4v) is 16.6. The minimum atomic E-state index is -0.0840. The van der Waals surface area contributed by atoms with E-state index in [0.29, 0.717) is 0 Å². The highest BCUT2D eigenvalue weighted by molar-refractivity contribution is 6.17. The van der Waals surface area contributed by atoms with E-state index in [-0.39, 0.29) is 6.04 Å². The molecular formula is C89H56N7+. The molecule has 21 rings (SSSR count). The van der Waals surface area contributed by atoms with Crippen molar-refractivity contribution in [2.24, 2.45) is 0 Å². The van der Waals surface area contributed by atoms with E-state index in [0.717, 1.165) is 112 Å². The normalized spacial score (nSPS) is 14.0. The summed E-state index contributed by atoms with van der Waals surface area (Å²) < 4.78 is 12.3. The van der Waals surface area contributed by atoms with E-state index in [9.17, 15) is 0 Å². The van der Waals surface area contributed by atoms with Gasteiger partial charge in [-0.2, -0.15) is 4.58 Å². The molecule has 0 saturated heterocycles. The number of allylic oxidation sites excluding steroid dienone is 2. The first kappa shape index (κ1) is 52.7. The standard InChI is InChI=1S/C89H56N7/c1-3-22-56(23-4-1)91-85-39-19-20-40-86(85)92(57-24-5-2-6-25-57)88-55-76-73(54-87(88)91)63-46-42-59(96-82-38-18-12-31-69(82)75-53-61(44-48-84(75)96)94-79-35-15-9-28-66(79)67-29-10-16-36-80(67)94)51-72(63)71-50-58(41-45-62(71)70-32-21-49-90-89(70)76)95-81-37-17-11-30-68(81)74-52-60(43-47-83(74)95)93-77-33-13-7-26-64(77)65-27-8-14-34-78(65)93/h1-55,86H/q+1. The first-order valence-electron chi connectivity index (χ1n) is 33.0. The molecule has 0 N–H and O–H groups in total. The monoisotopic (exact) mass is 1220 g/mol. The van der Waals surface area contributed by atoms with E-state index in [1.54, 1.807) is 0 Å². The van der Waals surface area contributed by atoms with Gasteiger partial charge in [0.25, 0.3) is 0 Å². The predicted octanol–water partition coefficient (Wildman–Crippen LogP) is 22.4. The first-order chi connectivity index (χ1) is 47.7. The molecule has 18 aromatic rings. The number of nitrogens with zero attached hydrogens (tertiary/aromatic N) is 7. The molecule has 0 spiro atoms. The van der Waals surface area contributed by atoms with Crippen LogP contribution in [-0.4, -0.2) is 35.0 Å². The van der Waals surface area contributed by atoms with Crippen LogP contribution in [0.3, 0.4) is 0 Å². The Hall–Kier alpha value is -12.8. The number of rotatable bonds is 6. The van der Waals surface area contributed by atoms with Crippen molar-refractivity contribution in [1.29, 1.82) is 0 Å². The Morgan fingerprint density at radius 2 is 0.688 bits per heavy atom. The molecule has 5 aromatic heterocycles. The van der Waals surface area contributed by atoms with Gasteiger partial charge >= 0.3 is 0 Å². The average Bonchev–Trinajstić information content (AvgIpc) is 1.04. The average molecular weight is 1220 g/mol. The zero-order valence-corrected chi connectivity index (χ0v) is 52.0. The molecule has 0 radical (unpaired) electrons. The summed E-state index contributed by atoms with van der Waals surface area (Å²) in [5.41, 5.74) is 27.9. The van der Waals surface area contributed by atoms with E-state index in [1.807, 2.05) is 6.20 Å². The molecule has 0 bridgehead atoms. The van der Waals surface area contributed by atoms with Gasteiger partial charge in [-0.3, -0.25) is 4.98 Å². The van der Waals surface area contributed by atoms with Crippen molar-refractivity contribution in [2.45, 2.75) is 6.04 Å². The van der Waals surface area contributed by atoms with Crippen LogP contribution in [0.4, 0.5) is 22.7 Å². The van der Waals surface area contributed by atoms with Gasteiger partial charge in [0, 0.05) is 113 Å². The Kier molecular flexibility index (Phi) is 11.2. The van der Waals surface area contributed by atoms with Crippen molar-refractivity contribution in [3.63, 3.8) is 0 Å². The summed E-state index contributed by atoms with van der Waals surface area (Å²) in [7, 11) is 0. The van der Waals surface area contributed by atoms with Crippen LogP contribution in [0.5, 0.6) is 0 Å². The van der Waals surface area contributed by atoms with Crippen LogP contribution >= 0.6 is 0 Å². The van der Waals surface area contributed by atoms with Crippen molar-refractivity contribution in [3.05, 3.63) is 334 Å². The maximum Gasteiger partial charge on any atom is 0.236 e. The van der Waals surface area contributed by atoms with Gasteiger partial charge in [-0.05, 0) is 149 Å². The molecule has 2 aliphatic carbocycles. The highest BCUT2D eigenvalue weighted by Gasteiger charge is 2.42. The van der Waals surface area contributed by atoms with Crippen molar-refractivity contribution < 1.29 is 0 Å². The van der Waals surface area contributed by atoms with E-state index < -0.39 is 0 Å². The SMILES string of the molecule is C1=CC2=[N+](c3ccccc3)c3cc4c(cc3N(c3ccccc3)C2C=C1)-c1ncccc1-c1ccc(-n2c3ccccc3c3cc(-n5c6ccccc6c6ccccc65)ccc32)cc1-c1cc(-n2c3ccccc3c3cc(-n5c6ccccc6c6ccccc65)ccc32)ccc1-4. The fourth-order valence-electron chi connectivity index (χ4n) is 16.6. The minimum absolute atomic E-state index is 0.0840. The van der Waals surface area contributed by atoms with Gasteiger partial charge in [-0.1, -0.05) is 182 Å². The summed E-state index contributed by atoms with van der Waals surface area (Å²) >= 11 is 0. The Balaban J connectivity index is 0.835. The number of para-hydroxylation sites is 8. The van der Waals surface area contributed by atoms with Crippen molar-refractivity contribution in [2.75, 3.05) is 4.90 Å². The molecule has 13 aromatic carbocycles. The van der Waals surface area contributed by atoms with Crippen molar-refractivity contribution in [3.8, 4) is 67.4 Å². The summed E-state index contributed by atoms with van der Waals surface area (Å²) in [5, 5.41) is 9.76. The van der Waals surface area contributed by atoms with Crippen molar-refractivity contribution >= 4 is 116 Å². The number of fused-ring (bicyclic) bond motifs is 22. The summed E-state index contributed by atoms with van der Waals surface area (Å²) in [5.74, 6) is 0. The van der Waals surface area contributed by atoms with Gasteiger partial charge in [0.2, 0.25) is 17.1 Å². The lowest BCUT2D eigenvalue weighted by atomic mass is 9.81.